The van der Waals surface area contributed by atoms with Crippen LogP contribution in [0.15, 0.2) is 23.0 Å². The summed E-state index contributed by atoms with van der Waals surface area (Å²) in [6.07, 6.45) is 0. The minimum Gasteiger partial charge on any atom is -0.384 e. The van der Waals surface area contributed by atoms with Crippen molar-refractivity contribution in [1.82, 2.24) is 9.88 Å². The molecule has 1 aromatic heterocycles. The van der Waals surface area contributed by atoms with Crippen molar-refractivity contribution < 1.29 is 9.53 Å². The molecule has 7 heteroatoms. The molecule has 112 valence electrons. The van der Waals surface area contributed by atoms with Crippen molar-refractivity contribution in [2.24, 2.45) is 7.05 Å². The SMILES string of the molecule is COCCNC(=O)c1c(N)n(C)c2ccc(Cl)cc2c1=O. The van der Waals surface area contributed by atoms with Crippen molar-refractivity contribution in [2.75, 3.05) is 26.0 Å². The lowest BCUT2D eigenvalue weighted by Crippen LogP contribution is -2.33. The largest absolute Gasteiger partial charge is 0.384 e. The predicted octanol–water partition coefficient (Wildman–Crippen LogP) is 1.15. The van der Waals surface area contributed by atoms with Gasteiger partial charge < -0.3 is 20.4 Å². The second-order valence-corrected chi connectivity index (χ2v) is 4.99. The molecular formula is C14H16ClN3O3. The number of benzene rings is 1. The van der Waals surface area contributed by atoms with Crippen LogP contribution in [0.3, 0.4) is 0 Å². The van der Waals surface area contributed by atoms with E-state index in [1.165, 1.54) is 13.2 Å². The number of nitrogens with one attached hydrogen (secondary N) is 1. The number of hydrogen-bond acceptors (Lipinski definition) is 4. The summed E-state index contributed by atoms with van der Waals surface area (Å²) >= 11 is 5.92. The first-order valence-corrected chi connectivity index (χ1v) is 6.70. The van der Waals surface area contributed by atoms with Gasteiger partial charge in [0.05, 0.1) is 12.1 Å². The maximum atomic E-state index is 12.5. The smallest absolute Gasteiger partial charge is 0.259 e. The highest BCUT2D eigenvalue weighted by atomic mass is 35.5. The van der Waals surface area contributed by atoms with Crippen molar-refractivity contribution in [1.29, 1.82) is 0 Å². The monoisotopic (exact) mass is 309 g/mol. The highest BCUT2D eigenvalue weighted by Crippen LogP contribution is 2.20. The van der Waals surface area contributed by atoms with E-state index in [2.05, 4.69) is 5.32 Å². The van der Waals surface area contributed by atoms with Crippen LogP contribution in [0.25, 0.3) is 10.9 Å². The third-order valence-electron chi connectivity index (χ3n) is 3.23. The van der Waals surface area contributed by atoms with Gasteiger partial charge in [0.2, 0.25) is 5.43 Å². The third kappa shape index (κ3) is 2.86. The number of aromatic nitrogens is 1. The topological polar surface area (TPSA) is 86.3 Å². The lowest BCUT2D eigenvalue weighted by molar-refractivity contribution is 0.0936. The molecule has 0 fully saturated rings. The average Bonchev–Trinajstić information content (AvgIpc) is 2.45. The highest BCUT2D eigenvalue weighted by molar-refractivity contribution is 6.31. The normalized spacial score (nSPS) is 10.8. The molecule has 3 N–H and O–H groups in total. The minimum atomic E-state index is -0.521. The summed E-state index contributed by atoms with van der Waals surface area (Å²) in [6, 6.07) is 4.90. The standard InChI is InChI=1S/C14H16ClN3O3/c1-18-10-4-3-8(15)7-9(10)12(19)11(13(18)16)14(20)17-5-6-21-2/h3-4,7H,5-6,16H2,1-2H3,(H,17,20). The van der Waals surface area contributed by atoms with Gasteiger partial charge in [-0.2, -0.15) is 0 Å². The molecule has 2 rings (SSSR count). The molecule has 1 amide bonds. The molecule has 0 aliphatic carbocycles. The van der Waals surface area contributed by atoms with Crippen molar-refractivity contribution >= 4 is 34.2 Å². The van der Waals surface area contributed by atoms with Gasteiger partial charge in [0, 0.05) is 31.1 Å². The number of aryl methyl sites for hydroxylation is 1. The fourth-order valence-corrected chi connectivity index (χ4v) is 2.28. The van der Waals surface area contributed by atoms with E-state index < -0.39 is 11.3 Å². The van der Waals surface area contributed by atoms with Gasteiger partial charge in [-0.3, -0.25) is 9.59 Å². The number of hydrogen-bond donors (Lipinski definition) is 2. The lowest BCUT2D eigenvalue weighted by Gasteiger charge is -2.14. The molecule has 0 radical (unpaired) electrons. The Hall–Kier alpha value is -2.05. The molecule has 0 saturated heterocycles. The molecule has 2 aromatic rings. The number of fused-ring (bicyclic) bond motifs is 1. The molecule has 1 heterocycles. The summed E-state index contributed by atoms with van der Waals surface area (Å²) in [4.78, 5) is 24.6. The molecule has 0 unspecified atom stereocenters. The number of ether oxygens (including phenoxy) is 1. The van der Waals surface area contributed by atoms with Crippen molar-refractivity contribution in [3.05, 3.63) is 39.0 Å². The van der Waals surface area contributed by atoms with Crippen LogP contribution in [-0.4, -0.2) is 30.7 Å². The molecule has 0 spiro atoms. The first kappa shape index (κ1) is 15.3. The number of amides is 1. The number of rotatable bonds is 4. The van der Waals surface area contributed by atoms with Gasteiger partial charge in [0.25, 0.3) is 5.91 Å². The zero-order chi connectivity index (χ0) is 15.6. The van der Waals surface area contributed by atoms with Crippen LogP contribution in [0.4, 0.5) is 5.82 Å². The van der Waals surface area contributed by atoms with Crippen LogP contribution in [0, 0.1) is 0 Å². The summed E-state index contributed by atoms with van der Waals surface area (Å²) in [5, 5.41) is 3.38. The van der Waals surface area contributed by atoms with Gasteiger partial charge in [-0.05, 0) is 18.2 Å². The van der Waals surface area contributed by atoms with E-state index in [1.54, 1.807) is 23.7 Å². The van der Waals surface area contributed by atoms with Gasteiger partial charge in [0.1, 0.15) is 11.4 Å². The maximum Gasteiger partial charge on any atom is 0.259 e. The molecule has 0 atom stereocenters. The summed E-state index contributed by atoms with van der Waals surface area (Å²) in [5.41, 5.74) is 6.04. The average molecular weight is 310 g/mol. The van der Waals surface area contributed by atoms with Crippen LogP contribution < -0.4 is 16.5 Å². The molecule has 1 aromatic carbocycles. The maximum absolute atomic E-state index is 12.5. The summed E-state index contributed by atoms with van der Waals surface area (Å²) in [5.74, 6) is -0.406. The number of anilines is 1. The van der Waals surface area contributed by atoms with Crippen LogP contribution in [-0.2, 0) is 11.8 Å². The molecule has 21 heavy (non-hydrogen) atoms. The second kappa shape index (κ2) is 6.15. The minimum absolute atomic E-state index is 0.0802. The summed E-state index contributed by atoms with van der Waals surface area (Å²) in [6.45, 7) is 0.650. The number of carbonyl (C=O) groups excluding carboxylic acids is 1. The molecule has 0 aliphatic heterocycles. The van der Waals surface area contributed by atoms with Gasteiger partial charge in [-0.1, -0.05) is 11.6 Å². The Bertz CT molecular complexity index is 755. The third-order valence-corrected chi connectivity index (χ3v) is 3.46. The Morgan fingerprint density at radius 2 is 2.19 bits per heavy atom. The van der Waals surface area contributed by atoms with Crippen molar-refractivity contribution in [3.8, 4) is 0 Å². The van der Waals surface area contributed by atoms with Crippen molar-refractivity contribution in [3.63, 3.8) is 0 Å². The Morgan fingerprint density at radius 1 is 1.48 bits per heavy atom. The molecule has 0 bridgehead atoms. The Morgan fingerprint density at radius 3 is 2.86 bits per heavy atom. The molecule has 0 saturated carbocycles. The zero-order valence-electron chi connectivity index (χ0n) is 11.8. The van der Waals surface area contributed by atoms with E-state index in [9.17, 15) is 9.59 Å². The Labute approximate surface area is 126 Å². The number of halogens is 1. The predicted molar refractivity (Wildman–Crippen MR) is 82.8 cm³/mol. The van der Waals surface area contributed by atoms with E-state index in [0.717, 1.165) is 0 Å². The quantitative estimate of drug-likeness (QED) is 0.830. The van der Waals surface area contributed by atoms with Gasteiger partial charge >= 0.3 is 0 Å². The fraction of sp³-hybridized carbons (Fsp3) is 0.286. The fourth-order valence-electron chi connectivity index (χ4n) is 2.11. The van der Waals surface area contributed by atoms with Crippen molar-refractivity contribution in [2.45, 2.75) is 0 Å². The first-order chi connectivity index (χ1) is 9.97. The van der Waals surface area contributed by atoms with Crippen LogP contribution >= 0.6 is 11.6 Å². The second-order valence-electron chi connectivity index (χ2n) is 4.56. The number of nitrogens with two attached hydrogens (primary N) is 1. The number of pyridine rings is 1. The molecule has 0 aliphatic rings. The van der Waals surface area contributed by atoms with E-state index >= 15 is 0 Å². The Balaban J connectivity index is 2.59. The van der Waals surface area contributed by atoms with Crippen LogP contribution in [0.5, 0.6) is 0 Å². The number of carbonyl (C=O) groups is 1. The van der Waals surface area contributed by atoms with E-state index in [1.807, 2.05) is 0 Å². The van der Waals surface area contributed by atoms with E-state index in [-0.39, 0.29) is 11.4 Å². The first-order valence-electron chi connectivity index (χ1n) is 6.32. The summed E-state index contributed by atoms with van der Waals surface area (Å²) in [7, 11) is 3.22. The molecule has 6 nitrogen and oxygen atoms in total. The van der Waals surface area contributed by atoms with Gasteiger partial charge in [0.15, 0.2) is 0 Å². The highest BCUT2D eigenvalue weighted by Gasteiger charge is 2.19. The van der Waals surface area contributed by atoms with Crippen LogP contribution in [0.2, 0.25) is 5.02 Å². The molecular weight excluding hydrogens is 294 g/mol. The van der Waals surface area contributed by atoms with E-state index in [0.29, 0.717) is 29.1 Å². The number of methoxy groups -OCH3 is 1. The zero-order valence-corrected chi connectivity index (χ0v) is 12.5. The lowest BCUT2D eigenvalue weighted by atomic mass is 10.1. The van der Waals surface area contributed by atoms with Crippen LogP contribution in [0.1, 0.15) is 10.4 Å². The van der Waals surface area contributed by atoms with Gasteiger partial charge in [-0.15, -0.1) is 0 Å². The number of nitrogens with zero attached hydrogens (tertiary/aromatic N) is 1. The Kier molecular flexibility index (Phi) is 4.50. The summed E-state index contributed by atoms with van der Waals surface area (Å²) < 4.78 is 6.45. The van der Waals surface area contributed by atoms with E-state index in [4.69, 9.17) is 22.1 Å². The van der Waals surface area contributed by atoms with Gasteiger partial charge in [-0.25, -0.2) is 0 Å². The number of nitrogen functional groups attached to an aromatic ring is 1.